The van der Waals surface area contributed by atoms with Gasteiger partial charge in [-0.05, 0) is 17.7 Å². The van der Waals surface area contributed by atoms with Crippen LogP contribution in [0.3, 0.4) is 0 Å². The van der Waals surface area contributed by atoms with E-state index in [1.807, 2.05) is 26.0 Å². The van der Waals surface area contributed by atoms with Crippen LogP contribution in [0.15, 0.2) is 24.5 Å². The highest BCUT2D eigenvalue weighted by Crippen LogP contribution is 2.25. The van der Waals surface area contributed by atoms with Gasteiger partial charge in [0, 0.05) is 37.3 Å². The molecule has 1 aromatic rings. The minimum absolute atomic E-state index is 0.0850. The van der Waals surface area contributed by atoms with E-state index in [0.717, 1.165) is 5.56 Å². The molecule has 1 aromatic heterocycles. The van der Waals surface area contributed by atoms with E-state index in [2.05, 4.69) is 4.98 Å². The van der Waals surface area contributed by atoms with Crippen molar-refractivity contribution < 1.29 is 9.59 Å². The number of carbonyl (C=O) groups is 2. The summed E-state index contributed by atoms with van der Waals surface area (Å²) in [4.78, 5) is 29.6. The lowest BCUT2D eigenvalue weighted by Gasteiger charge is -2.36. The van der Waals surface area contributed by atoms with E-state index >= 15 is 0 Å². The Kier molecular flexibility index (Phi) is 3.45. The van der Waals surface area contributed by atoms with Crippen LogP contribution in [0.5, 0.6) is 0 Å². The molecular formula is C14H18N2O2. The van der Waals surface area contributed by atoms with Crippen molar-refractivity contribution in [2.75, 3.05) is 13.1 Å². The van der Waals surface area contributed by atoms with Crippen molar-refractivity contribution in [3.05, 3.63) is 30.1 Å². The smallest absolute Gasteiger partial charge is 0.227 e. The SMILES string of the molecule is CC1(C)CN(C(=O)Cc2ccncc2)CCC1=O. The topological polar surface area (TPSA) is 50.3 Å². The number of likely N-dealkylation sites (tertiary alicyclic amines) is 1. The summed E-state index contributed by atoms with van der Waals surface area (Å²) in [5, 5.41) is 0. The van der Waals surface area contributed by atoms with Crippen LogP contribution >= 0.6 is 0 Å². The van der Waals surface area contributed by atoms with Crippen LogP contribution in [0.2, 0.25) is 0 Å². The number of nitrogens with zero attached hydrogens (tertiary/aromatic N) is 2. The lowest BCUT2D eigenvalue weighted by molar-refractivity contribution is -0.140. The number of aromatic nitrogens is 1. The molecule has 1 saturated heterocycles. The van der Waals surface area contributed by atoms with Gasteiger partial charge in [0.2, 0.25) is 5.91 Å². The Labute approximate surface area is 107 Å². The number of Topliss-reactive ketones (excluding diaryl/α,β-unsaturated/α-hetero) is 1. The maximum absolute atomic E-state index is 12.2. The standard InChI is InChI=1S/C14H18N2O2/c1-14(2)10-16(8-5-12(14)17)13(18)9-11-3-6-15-7-4-11/h3-4,6-7H,5,8-10H2,1-2H3. The largest absolute Gasteiger partial charge is 0.341 e. The fourth-order valence-electron chi connectivity index (χ4n) is 2.22. The normalized spacial score (nSPS) is 18.8. The highest BCUT2D eigenvalue weighted by molar-refractivity contribution is 5.88. The molecule has 1 amide bonds. The van der Waals surface area contributed by atoms with Gasteiger partial charge in [0.15, 0.2) is 0 Å². The van der Waals surface area contributed by atoms with Crippen LogP contribution in [0, 0.1) is 5.41 Å². The number of hydrogen-bond acceptors (Lipinski definition) is 3. The van der Waals surface area contributed by atoms with Crippen molar-refractivity contribution in [3.8, 4) is 0 Å². The second-order valence-corrected chi connectivity index (χ2v) is 5.40. The Morgan fingerprint density at radius 1 is 1.39 bits per heavy atom. The Balaban J connectivity index is 2.00. The van der Waals surface area contributed by atoms with Crippen molar-refractivity contribution in [1.82, 2.24) is 9.88 Å². The molecule has 0 atom stereocenters. The first-order valence-corrected chi connectivity index (χ1v) is 6.19. The molecule has 0 N–H and O–H groups in total. The molecule has 0 saturated carbocycles. The Morgan fingerprint density at radius 2 is 2.06 bits per heavy atom. The second kappa shape index (κ2) is 4.88. The third-order valence-electron chi connectivity index (χ3n) is 3.41. The van der Waals surface area contributed by atoms with E-state index in [0.29, 0.717) is 25.9 Å². The average Bonchev–Trinajstić information content (AvgIpc) is 2.34. The van der Waals surface area contributed by atoms with Crippen molar-refractivity contribution in [1.29, 1.82) is 0 Å². The predicted molar refractivity (Wildman–Crippen MR) is 67.9 cm³/mol. The van der Waals surface area contributed by atoms with Crippen LogP contribution in [-0.2, 0) is 16.0 Å². The zero-order valence-corrected chi connectivity index (χ0v) is 10.8. The van der Waals surface area contributed by atoms with Crippen molar-refractivity contribution in [2.24, 2.45) is 5.41 Å². The summed E-state index contributed by atoms with van der Waals surface area (Å²) in [6.07, 6.45) is 4.22. The summed E-state index contributed by atoms with van der Waals surface area (Å²) in [5.41, 5.74) is 0.552. The Bertz CT molecular complexity index is 454. The van der Waals surface area contributed by atoms with Gasteiger partial charge in [0.1, 0.15) is 5.78 Å². The minimum atomic E-state index is -0.411. The van der Waals surface area contributed by atoms with E-state index in [9.17, 15) is 9.59 Å². The van der Waals surface area contributed by atoms with E-state index in [1.165, 1.54) is 0 Å². The fraction of sp³-hybridized carbons (Fsp3) is 0.500. The van der Waals surface area contributed by atoms with E-state index in [4.69, 9.17) is 0 Å². The van der Waals surface area contributed by atoms with Gasteiger partial charge >= 0.3 is 0 Å². The number of pyridine rings is 1. The van der Waals surface area contributed by atoms with Crippen molar-refractivity contribution in [2.45, 2.75) is 26.7 Å². The Morgan fingerprint density at radius 3 is 2.67 bits per heavy atom. The number of rotatable bonds is 2. The molecule has 4 nitrogen and oxygen atoms in total. The van der Waals surface area contributed by atoms with Gasteiger partial charge in [-0.2, -0.15) is 0 Å². The van der Waals surface area contributed by atoms with Gasteiger partial charge < -0.3 is 4.90 Å². The fourth-order valence-corrected chi connectivity index (χ4v) is 2.22. The van der Waals surface area contributed by atoms with Crippen LogP contribution < -0.4 is 0 Å². The van der Waals surface area contributed by atoms with Crippen LogP contribution in [0.1, 0.15) is 25.8 Å². The van der Waals surface area contributed by atoms with Gasteiger partial charge in [-0.25, -0.2) is 0 Å². The monoisotopic (exact) mass is 246 g/mol. The summed E-state index contributed by atoms with van der Waals surface area (Å²) in [6, 6.07) is 3.69. The van der Waals surface area contributed by atoms with Gasteiger partial charge in [-0.1, -0.05) is 13.8 Å². The maximum Gasteiger partial charge on any atom is 0.227 e. The number of amides is 1. The summed E-state index contributed by atoms with van der Waals surface area (Å²) >= 11 is 0. The molecule has 0 aliphatic carbocycles. The highest BCUT2D eigenvalue weighted by Gasteiger charge is 2.35. The van der Waals surface area contributed by atoms with Gasteiger partial charge in [-0.15, -0.1) is 0 Å². The van der Waals surface area contributed by atoms with Crippen molar-refractivity contribution in [3.63, 3.8) is 0 Å². The molecule has 2 heterocycles. The lowest BCUT2D eigenvalue weighted by atomic mass is 9.82. The lowest BCUT2D eigenvalue weighted by Crippen LogP contribution is -2.49. The van der Waals surface area contributed by atoms with Crippen LogP contribution in [0.4, 0.5) is 0 Å². The minimum Gasteiger partial charge on any atom is -0.341 e. The zero-order chi connectivity index (χ0) is 13.2. The second-order valence-electron chi connectivity index (χ2n) is 5.40. The summed E-state index contributed by atoms with van der Waals surface area (Å²) in [6.45, 7) is 4.88. The summed E-state index contributed by atoms with van der Waals surface area (Å²) < 4.78 is 0. The van der Waals surface area contributed by atoms with Gasteiger partial charge in [0.05, 0.1) is 6.42 Å². The molecule has 1 fully saturated rings. The zero-order valence-electron chi connectivity index (χ0n) is 10.8. The molecule has 2 rings (SSSR count). The van der Waals surface area contributed by atoms with E-state index in [1.54, 1.807) is 17.3 Å². The first-order chi connectivity index (χ1) is 8.49. The third-order valence-corrected chi connectivity index (χ3v) is 3.41. The number of piperidine rings is 1. The molecule has 0 aromatic carbocycles. The molecule has 18 heavy (non-hydrogen) atoms. The third kappa shape index (κ3) is 2.75. The number of hydrogen-bond donors (Lipinski definition) is 0. The van der Waals surface area contributed by atoms with Crippen molar-refractivity contribution >= 4 is 11.7 Å². The molecule has 0 unspecified atom stereocenters. The molecule has 4 heteroatoms. The van der Waals surface area contributed by atoms with E-state index in [-0.39, 0.29) is 11.7 Å². The first-order valence-electron chi connectivity index (χ1n) is 6.19. The molecular weight excluding hydrogens is 228 g/mol. The molecule has 1 aliphatic rings. The quantitative estimate of drug-likeness (QED) is 0.793. The Hall–Kier alpha value is -1.71. The average molecular weight is 246 g/mol. The number of carbonyl (C=O) groups excluding carboxylic acids is 2. The number of ketones is 1. The molecule has 1 aliphatic heterocycles. The molecule has 0 radical (unpaired) electrons. The molecule has 0 spiro atoms. The predicted octanol–water partition coefficient (Wildman–Crippen LogP) is 1.45. The summed E-state index contributed by atoms with van der Waals surface area (Å²) in [5.74, 6) is 0.331. The molecule has 96 valence electrons. The summed E-state index contributed by atoms with van der Waals surface area (Å²) in [7, 11) is 0. The van der Waals surface area contributed by atoms with Crippen LogP contribution in [0.25, 0.3) is 0 Å². The van der Waals surface area contributed by atoms with Gasteiger partial charge in [-0.3, -0.25) is 14.6 Å². The molecule has 0 bridgehead atoms. The van der Waals surface area contributed by atoms with Crippen LogP contribution in [-0.4, -0.2) is 34.7 Å². The maximum atomic E-state index is 12.2. The first kappa shape index (κ1) is 12.7. The van der Waals surface area contributed by atoms with E-state index < -0.39 is 5.41 Å². The highest BCUT2D eigenvalue weighted by atomic mass is 16.2. The van der Waals surface area contributed by atoms with Gasteiger partial charge in [0.25, 0.3) is 0 Å².